The lowest BCUT2D eigenvalue weighted by Crippen LogP contribution is -2.47. The Morgan fingerprint density at radius 2 is 1.82 bits per heavy atom. The van der Waals surface area contributed by atoms with E-state index < -0.39 is 0 Å². The van der Waals surface area contributed by atoms with Crippen molar-refractivity contribution in [3.8, 4) is 0 Å². The van der Waals surface area contributed by atoms with Crippen LogP contribution in [0.15, 0.2) is 48.5 Å². The standard InChI is InChI=1S/C27H33N3O4/c1-3-34-27(33)29-16-14-22(15-17-29)30-18-21-10-7-11-23(24(21)26(30)32)25(31)28-19(2)12-13-20-8-5-4-6-9-20/h4-11,19,22H,3,12-18H2,1-2H3,(H,28,31). The summed E-state index contributed by atoms with van der Waals surface area (Å²) < 4.78 is 5.09. The number of piperidine rings is 1. The van der Waals surface area contributed by atoms with Gasteiger partial charge in [-0.05, 0) is 56.7 Å². The number of carbonyl (C=O) groups excluding carboxylic acids is 3. The Morgan fingerprint density at radius 3 is 2.53 bits per heavy atom. The molecule has 3 amide bonds. The van der Waals surface area contributed by atoms with Crippen LogP contribution in [0.5, 0.6) is 0 Å². The molecule has 7 nitrogen and oxygen atoms in total. The van der Waals surface area contributed by atoms with Crippen LogP contribution in [-0.4, -0.2) is 59.5 Å². The number of carbonyl (C=O) groups is 3. The quantitative estimate of drug-likeness (QED) is 0.673. The van der Waals surface area contributed by atoms with E-state index in [0.717, 1.165) is 18.4 Å². The zero-order valence-electron chi connectivity index (χ0n) is 20.0. The average Bonchev–Trinajstić information content (AvgIpc) is 3.20. The van der Waals surface area contributed by atoms with Gasteiger partial charge in [0.1, 0.15) is 0 Å². The maximum absolute atomic E-state index is 13.4. The molecule has 0 spiro atoms. The van der Waals surface area contributed by atoms with Gasteiger partial charge in [-0.15, -0.1) is 0 Å². The summed E-state index contributed by atoms with van der Waals surface area (Å²) in [6, 6.07) is 15.8. The summed E-state index contributed by atoms with van der Waals surface area (Å²) in [5, 5.41) is 3.07. The van der Waals surface area contributed by atoms with Crippen LogP contribution in [0.1, 0.15) is 65.0 Å². The molecule has 2 aromatic carbocycles. The third kappa shape index (κ3) is 5.24. The van der Waals surface area contributed by atoms with Crippen LogP contribution < -0.4 is 5.32 Å². The van der Waals surface area contributed by atoms with Gasteiger partial charge in [-0.1, -0.05) is 42.5 Å². The van der Waals surface area contributed by atoms with E-state index >= 15 is 0 Å². The number of nitrogens with zero attached hydrogens (tertiary/aromatic N) is 2. The molecule has 2 aromatic rings. The highest BCUT2D eigenvalue weighted by molar-refractivity contribution is 6.09. The molecule has 0 saturated carbocycles. The van der Waals surface area contributed by atoms with E-state index in [1.54, 1.807) is 17.9 Å². The first-order valence-electron chi connectivity index (χ1n) is 12.2. The van der Waals surface area contributed by atoms with E-state index in [-0.39, 0.29) is 30.0 Å². The first-order chi connectivity index (χ1) is 16.5. The van der Waals surface area contributed by atoms with Gasteiger partial charge in [-0.3, -0.25) is 9.59 Å². The monoisotopic (exact) mass is 463 g/mol. The predicted octanol–water partition coefficient (Wildman–Crippen LogP) is 4.01. The van der Waals surface area contributed by atoms with Crippen LogP contribution in [0.4, 0.5) is 4.79 Å². The van der Waals surface area contributed by atoms with E-state index in [1.807, 2.05) is 42.2 Å². The first kappa shape index (κ1) is 23.8. The SMILES string of the molecule is CCOC(=O)N1CCC(N2Cc3cccc(C(=O)NC(C)CCc4ccccc4)c3C2=O)CC1. The molecule has 1 N–H and O–H groups in total. The second kappa shape index (κ2) is 10.7. The van der Waals surface area contributed by atoms with E-state index in [4.69, 9.17) is 4.74 Å². The molecule has 2 heterocycles. The third-order valence-electron chi connectivity index (χ3n) is 6.73. The molecular weight excluding hydrogens is 430 g/mol. The number of hydrogen-bond acceptors (Lipinski definition) is 4. The summed E-state index contributed by atoms with van der Waals surface area (Å²) in [4.78, 5) is 42.0. The maximum Gasteiger partial charge on any atom is 0.409 e. The van der Waals surface area contributed by atoms with Gasteiger partial charge in [0.25, 0.3) is 11.8 Å². The van der Waals surface area contributed by atoms with Crippen molar-refractivity contribution in [3.63, 3.8) is 0 Å². The molecule has 1 saturated heterocycles. The number of amides is 3. The summed E-state index contributed by atoms with van der Waals surface area (Å²) in [5.74, 6) is -0.294. The number of likely N-dealkylation sites (tertiary alicyclic amines) is 1. The zero-order valence-corrected chi connectivity index (χ0v) is 20.0. The number of fused-ring (bicyclic) bond motifs is 1. The summed E-state index contributed by atoms with van der Waals surface area (Å²) in [6.45, 7) is 5.78. The Hall–Kier alpha value is -3.35. The fourth-order valence-electron chi connectivity index (χ4n) is 4.84. The molecule has 2 aliphatic heterocycles. The lowest BCUT2D eigenvalue weighted by atomic mass is 10.0. The molecule has 180 valence electrons. The second-order valence-corrected chi connectivity index (χ2v) is 9.09. The maximum atomic E-state index is 13.4. The van der Waals surface area contributed by atoms with Gasteiger partial charge < -0.3 is 19.9 Å². The molecule has 4 rings (SSSR count). The Bertz CT molecular complexity index is 1030. The number of hydrogen-bond donors (Lipinski definition) is 1. The average molecular weight is 464 g/mol. The summed E-state index contributed by atoms with van der Waals surface area (Å²) in [7, 11) is 0. The lowest BCUT2D eigenvalue weighted by molar-refractivity contribution is 0.0556. The number of rotatable bonds is 7. The van der Waals surface area contributed by atoms with Crippen LogP contribution in [0.2, 0.25) is 0 Å². The molecule has 0 aliphatic carbocycles. The zero-order chi connectivity index (χ0) is 24.1. The highest BCUT2D eigenvalue weighted by Crippen LogP contribution is 2.31. The molecule has 7 heteroatoms. The highest BCUT2D eigenvalue weighted by atomic mass is 16.6. The van der Waals surface area contributed by atoms with Crippen LogP contribution in [-0.2, 0) is 17.7 Å². The Morgan fingerprint density at radius 1 is 1.09 bits per heavy atom. The molecule has 1 atom stereocenters. The Labute approximate surface area is 201 Å². The van der Waals surface area contributed by atoms with Crippen molar-refractivity contribution in [2.75, 3.05) is 19.7 Å². The number of ether oxygens (including phenoxy) is 1. The Balaban J connectivity index is 1.37. The van der Waals surface area contributed by atoms with Crippen molar-refractivity contribution in [3.05, 3.63) is 70.8 Å². The van der Waals surface area contributed by atoms with Crippen LogP contribution in [0, 0.1) is 0 Å². The number of benzene rings is 2. The summed E-state index contributed by atoms with van der Waals surface area (Å²) in [5.41, 5.74) is 3.09. The summed E-state index contributed by atoms with van der Waals surface area (Å²) in [6.07, 6.45) is 2.82. The topological polar surface area (TPSA) is 79.0 Å². The molecule has 2 aliphatic rings. The first-order valence-corrected chi connectivity index (χ1v) is 12.2. The van der Waals surface area contributed by atoms with E-state index in [1.165, 1.54) is 5.56 Å². The van der Waals surface area contributed by atoms with Crippen molar-refractivity contribution < 1.29 is 19.1 Å². The van der Waals surface area contributed by atoms with Crippen LogP contribution in [0.25, 0.3) is 0 Å². The second-order valence-electron chi connectivity index (χ2n) is 9.09. The normalized spacial score (nSPS) is 16.8. The summed E-state index contributed by atoms with van der Waals surface area (Å²) >= 11 is 0. The largest absolute Gasteiger partial charge is 0.450 e. The van der Waals surface area contributed by atoms with E-state index in [2.05, 4.69) is 17.4 Å². The van der Waals surface area contributed by atoms with Crippen molar-refractivity contribution >= 4 is 17.9 Å². The predicted molar refractivity (Wildman–Crippen MR) is 130 cm³/mol. The number of aryl methyl sites for hydroxylation is 1. The fraction of sp³-hybridized carbons (Fsp3) is 0.444. The third-order valence-corrected chi connectivity index (χ3v) is 6.73. The van der Waals surface area contributed by atoms with Gasteiger partial charge >= 0.3 is 6.09 Å². The van der Waals surface area contributed by atoms with Crippen LogP contribution >= 0.6 is 0 Å². The fourth-order valence-corrected chi connectivity index (χ4v) is 4.84. The van der Waals surface area contributed by atoms with Crippen molar-refractivity contribution in [1.29, 1.82) is 0 Å². The van der Waals surface area contributed by atoms with E-state index in [0.29, 0.717) is 50.2 Å². The van der Waals surface area contributed by atoms with E-state index in [9.17, 15) is 14.4 Å². The minimum Gasteiger partial charge on any atom is -0.450 e. The van der Waals surface area contributed by atoms with Gasteiger partial charge in [0.05, 0.1) is 17.7 Å². The van der Waals surface area contributed by atoms with Gasteiger partial charge in [-0.25, -0.2) is 4.79 Å². The van der Waals surface area contributed by atoms with Gasteiger partial charge in [-0.2, -0.15) is 0 Å². The van der Waals surface area contributed by atoms with Gasteiger partial charge in [0, 0.05) is 31.7 Å². The lowest BCUT2D eigenvalue weighted by Gasteiger charge is -2.36. The molecule has 0 aromatic heterocycles. The minimum absolute atomic E-state index is 0.0108. The number of nitrogens with one attached hydrogen (secondary N) is 1. The van der Waals surface area contributed by atoms with Crippen LogP contribution in [0.3, 0.4) is 0 Å². The minimum atomic E-state index is -0.294. The molecule has 0 bridgehead atoms. The molecular formula is C27H33N3O4. The van der Waals surface area contributed by atoms with Gasteiger partial charge in [0.15, 0.2) is 0 Å². The molecule has 1 unspecified atom stereocenters. The highest BCUT2D eigenvalue weighted by Gasteiger charge is 2.37. The molecule has 0 radical (unpaired) electrons. The van der Waals surface area contributed by atoms with Crippen molar-refractivity contribution in [2.24, 2.45) is 0 Å². The molecule has 34 heavy (non-hydrogen) atoms. The Kier molecular flexibility index (Phi) is 7.50. The molecule has 1 fully saturated rings. The van der Waals surface area contributed by atoms with Crippen molar-refractivity contribution in [2.45, 2.75) is 58.2 Å². The van der Waals surface area contributed by atoms with Crippen molar-refractivity contribution in [1.82, 2.24) is 15.1 Å². The van der Waals surface area contributed by atoms with Gasteiger partial charge in [0.2, 0.25) is 0 Å². The smallest absolute Gasteiger partial charge is 0.409 e.